The third kappa shape index (κ3) is 2.81. The van der Waals surface area contributed by atoms with Crippen molar-refractivity contribution in [1.82, 2.24) is 14.8 Å². The minimum atomic E-state index is -0.373. The molecule has 2 heterocycles. The van der Waals surface area contributed by atoms with Crippen LogP contribution in [0.15, 0.2) is 18.2 Å². The van der Waals surface area contributed by atoms with Crippen LogP contribution in [-0.4, -0.2) is 59.6 Å². The molecular formula is C17H20FN3O3. The van der Waals surface area contributed by atoms with Crippen molar-refractivity contribution in [2.24, 2.45) is 0 Å². The molecule has 2 aromatic rings. The number of nitrogens with one attached hydrogen (secondary N) is 1. The van der Waals surface area contributed by atoms with E-state index in [9.17, 15) is 14.0 Å². The third-order valence-corrected chi connectivity index (χ3v) is 4.28. The number of carbonyl (C=O) groups excluding carboxylic acids is 2. The van der Waals surface area contributed by atoms with Gasteiger partial charge in [-0.05, 0) is 19.9 Å². The molecule has 1 aliphatic rings. The van der Waals surface area contributed by atoms with Crippen molar-refractivity contribution in [1.29, 1.82) is 0 Å². The molecule has 7 heteroatoms. The van der Waals surface area contributed by atoms with Crippen LogP contribution in [0.25, 0.3) is 10.9 Å². The number of H-pyrrole nitrogens is 1. The van der Waals surface area contributed by atoms with Crippen LogP contribution >= 0.6 is 0 Å². The Morgan fingerprint density at radius 3 is 2.54 bits per heavy atom. The molecule has 0 spiro atoms. The molecule has 1 aromatic heterocycles. The maximum atomic E-state index is 13.9. The zero-order valence-electron chi connectivity index (χ0n) is 13.8. The van der Waals surface area contributed by atoms with Crippen molar-refractivity contribution in [2.45, 2.75) is 13.8 Å². The number of hydrogen-bond donors (Lipinski definition) is 1. The van der Waals surface area contributed by atoms with E-state index in [2.05, 4.69) is 4.98 Å². The lowest BCUT2D eigenvalue weighted by Gasteiger charge is -2.34. The highest BCUT2D eigenvalue weighted by molar-refractivity contribution is 6.08. The summed E-state index contributed by atoms with van der Waals surface area (Å²) in [6.07, 6.45) is -0.352. The number of halogens is 1. The molecule has 0 bridgehead atoms. The largest absolute Gasteiger partial charge is 0.450 e. The van der Waals surface area contributed by atoms with Gasteiger partial charge in [-0.15, -0.1) is 0 Å². The Balaban J connectivity index is 1.78. The van der Waals surface area contributed by atoms with Crippen LogP contribution in [-0.2, 0) is 4.74 Å². The summed E-state index contributed by atoms with van der Waals surface area (Å²) in [4.78, 5) is 30.8. The number of carbonyl (C=O) groups is 2. The van der Waals surface area contributed by atoms with Crippen LogP contribution in [0.2, 0.25) is 0 Å². The molecule has 0 unspecified atom stereocenters. The average molecular weight is 333 g/mol. The number of para-hydroxylation sites is 1. The Bertz CT molecular complexity index is 779. The van der Waals surface area contributed by atoms with Gasteiger partial charge in [-0.1, -0.05) is 12.1 Å². The lowest BCUT2D eigenvalue weighted by molar-refractivity contribution is 0.0571. The molecule has 1 aromatic carbocycles. The Labute approximate surface area is 139 Å². The minimum Gasteiger partial charge on any atom is -0.450 e. The van der Waals surface area contributed by atoms with E-state index in [1.54, 1.807) is 35.8 Å². The maximum absolute atomic E-state index is 13.9. The smallest absolute Gasteiger partial charge is 0.409 e. The zero-order chi connectivity index (χ0) is 17.3. The van der Waals surface area contributed by atoms with Crippen LogP contribution < -0.4 is 0 Å². The minimum absolute atomic E-state index is 0.146. The normalized spacial score (nSPS) is 15.0. The zero-order valence-corrected chi connectivity index (χ0v) is 13.8. The van der Waals surface area contributed by atoms with Crippen molar-refractivity contribution < 1.29 is 18.7 Å². The standard InChI is InChI=1S/C17H20FN3O3/c1-3-24-17(23)21-9-7-20(8-10-21)16(22)14-11(2)19-15-12(14)5-4-6-13(15)18/h4-6,19H,3,7-10H2,1-2H3. The van der Waals surface area contributed by atoms with Crippen molar-refractivity contribution in [2.75, 3.05) is 32.8 Å². The number of hydrogen-bond acceptors (Lipinski definition) is 3. The number of fused-ring (bicyclic) bond motifs is 1. The van der Waals surface area contributed by atoms with Gasteiger partial charge in [-0.2, -0.15) is 0 Å². The summed E-state index contributed by atoms with van der Waals surface area (Å²) in [6, 6.07) is 4.70. The van der Waals surface area contributed by atoms with Crippen molar-refractivity contribution in [3.8, 4) is 0 Å². The van der Waals surface area contributed by atoms with Gasteiger partial charge in [0.05, 0.1) is 17.7 Å². The van der Waals surface area contributed by atoms with Gasteiger partial charge >= 0.3 is 6.09 Å². The van der Waals surface area contributed by atoms with E-state index in [1.807, 2.05) is 0 Å². The predicted octanol–water partition coefficient (Wildman–Crippen LogP) is 2.53. The molecule has 1 aliphatic heterocycles. The number of aromatic amines is 1. The number of amides is 2. The fraction of sp³-hybridized carbons (Fsp3) is 0.412. The van der Waals surface area contributed by atoms with E-state index < -0.39 is 0 Å². The first-order valence-corrected chi connectivity index (χ1v) is 8.00. The quantitative estimate of drug-likeness (QED) is 0.918. The number of aryl methyl sites for hydroxylation is 1. The Kier molecular flexibility index (Phi) is 4.42. The lowest BCUT2D eigenvalue weighted by atomic mass is 10.1. The van der Waals surface area contributed by atoms with Crippen LogP contribution in [0.4, 0.5) is 9.18 Å². The summed E-state index contributed by atoms with van der Waals surface area (Å²) in [5, 5.41) is 0.588. The average Bonchev–Trinajstić information content (AvgIpc) is 2.92. The number of benzene rings is 1. The topological polar surface area (TPSA) is 65.6 Å². The molecule has 1 N–H and O–H groups in total. The molecular weight excluding hydrogens is 313 g/mol. The van der Waals surface area contributed by atoms with Crippen LogP contribution in [0, 0.1) is 12.7 Å². The Morgan fingerprint density at radius 1 is 1.21 bits per heavy atom. The number of rotatable bonds is 2. The number of ether oxygens (including phenoxy) is 1. The molecule has 0 saturated carbocycles. The monoisotopic (exact) mass is 333 g/mol. The summed E-state index contributed by atoms with van der Waals surface area (Å²) in [7, 11) is 0. The van der Waals surface area contributed by atoms with Gasteiger partial charge < -0.3 is 19.5 Å². The van der Waals surface area contributed by atoms with Gasteiger partial charge in [0.15, 0.2) is 0 Å². The van der Waals surface area contributed by atoms with Gasteiger partial charge in [0, 0.05) is 37.3 Å². The number of piperazine rings is 1. The van der Waals surface area contributed by atoms with Gasteiger partial charge in [0.25, 0.3) is 5.91 Å². The van der Waals surface area contributed by atoms with Gasteiger partial charge in [0.2, 0.25) is 0 Å². The first kappa shape index (κ1) is 16.3. The molecule has 1 fully saturated rings. The molecule has 3 rings (SSSR count). The maximum Gasteiger partial charge on any atom is 0.409 e. The van der Waals surface area contributed by atoms with Gasteiger partial charge in [0.1, 0.15) is 5.82 Å². The second-order valence-electron chi connectivity index (χ2n) is 5.77. The van der Waals surface area contributed by atoms with Gasteiger partial charge in [-0.3, -0.25) is 4.79 Å². The Hall–Kier alpha value is -2.57. The highest BCUT2D eigenvalue weighted by atomic mass is 19.1. The fourth-order valence-electron chi connectivity index (χ4n) is 3.05. The van der Waals surface area contributed by atoms with Crippen molar-refractivity contribution in [3.63, 3.8) is 0 Å². The van der Waals surface area contributed by atoms with Crippen molar-refractivity contribution >= 4 is 22.9 Å². The van der Waals surface area contributed by atoms with Crippen molar-refractivity contribution in [3.05, 3.63) is 35.3 Å². The molecule has 0 radical (unpaired) electrons. The van der Waals surface area contributed by atoms with E-state index in [-0.39, 0.29) is 17.8 Å². The predicted molar refractivity (Wildman–Crippen MR) is 87.5 cm³/mol. The molecule has 24 heavy (non-hydrogen) atoms. The first-order valence-electron chi connectivity index (χ1n) is 8.00. The SMILES string of the molecule is CCOC(=O)N1CCN(C(=O)c2c(C)[nH]c3c(F)cccc23)CC1. The number of nitrogens with zero attached hydrogens (tertiary/aromatic N) is 2. The summed E-state index contributed by atoms with van der Waals surface area (Å²) in [6.45, 7) is 5.58. The molecule has 1 saturated heterocycles. The van der Waals surface area contributed by atoms with Crippen LogP contribution in [0.5, 0.6) is 0 Å². The molecule has 0 aliphatic carbocycles. The van der Waals surface area contributed by atoms with E-state index in [0.717, 1.165) is 0 Å². The van der Waals surface area contributed by atoms with Crippen LogP contribution in [0.1, 0.15) is 23.0 Å². The van der Waals surface area contributed by atoms with E-state index in [0.29, 0.717) is 54.9 Å². The van der Waals surface area contributed by atoms with E-state index in [4.69, 9.17) is 4.74 Å². The summed E-state index contributed by atoms with van der Waals surface area (Å²) >= 11 is 0. The molecule has 2 amide bonds. The molecule has 6 nitrogen and oxygen atoms in total. The molecule has 0 atom stereocenters. The molecule has 128 valence electrons. The fourth-order valence-corrected chi connectivity index (χ4v) is 3.05. The van der Waals surface area contributed by atoms with E-state index in [1.165, 1.54) is 6.07 Å². The first-order chi connectivity index (χ1) is 11.5. The summed E-state index contributed by atoms with van der Waals surface area (Å²) in [5.74, 6) is -0.519. The summed E-state index contributed by atoms with van der Waals surface area (Å²) < 4.78 is 18.9. The third-order valence-electron chi connectivity index (χ3n) is 4.28. The summed E-state index contributed by atoms with van der Waals surface area (Å²) in [5.41, 5.74) is 1.49. The number of aromatic nitrogens is 1. The van der Waals surface area contributed by atoms with Gasteiger partial charge in [-0.25, -0.2) is 9.18 Å². The highest BCUT2D eigenvalue weighted by Gasteiger charge is 2.28. The van der Waals surface area contributed by atoms with Crippen LogP contribution in [0.3, 0.4) is 0 Å². The Morgan fingerprint density at radius 2 is 1.88 bits per heavy atom. The second-order valence-corrected chi connectivity index (χ2v) is 5.77. The second kappa shape index (κ2) is 6.51. The lowest BCUT2D eigenvalue weighted by Crippen LogP contribution is -2.50. The van der Waals surface area contributed by atoms with E-state index >= 15 is 0 Å². The highest BCUT2D eigenvalue weighted by Crippen LogP contribution is 2.26.